The molecule has 0 saturated heterocycles. The van der Waals surface area contributed by atoms with Gasteiger partial charge in [-0.25, -0.2) is 9.38 Å². The van der Waals surface area contributed by atoms with Crippen LogP contribution in [0, 0.1) is 17.1 Å². The standard InChI is InChI=1S/C23H21FN4OS/c1-23(16-4-2-3-5-21(16)30-22(26)28-23)17-10-14(6-8-18(17)24)11-20(29)19-9-7-15(12-25)13-27-19/h6-10,13H,2-5,11H2,1H3,(H2,26,28)/t23-/m0/s1. The Bertz CT molecular complexity index is 1120. The summed E-state index contributed by atoms with van der Waals surface area (Å²) in [5.41, 5.74) is 8.17. The van der Waals surface area contributed by atoms with Gasteiger partial charge in [-0.2, -0.15) is 5.26 Å². The molecule has 7 heteroatoms. The molecule has 1 aromatic heterocycles. The summed E-state index contributed by atoms with van der Waals surface area (Å²) in [6.45, 7) is 1.91. The Morgan fingerprint density at radius 2 is 2.10 bits per heavy atom. The Labute approximate surface area is 178 Å². The number of amidine groups is 1. The van der Waals surface area contributed by atoms with Crippen molar-refractivity contribution in [1.82, 2.24) is 4.98 Å². The summed E-state index contributed by atoms with van der Waals surface area (Å²) in [5.74, 6) is -0.548. The minimum Gasteiger partial charge on any atom is -0.378 e. The van der Waals surface area contributed by atoms with E-state index in [9.17, 15) is 9.18 Å². The lowest BCUT2D eigenvalue weighted by molar-refractivity contribution is 0.0988. The van der Waals surface area contributed by atoms with Gasteiger partial charge in [-0.05, 0) is 72.9 Å². The molecule has 4 rings (SSSR count). The molecular formula is C23H21FN4OS. The van der Waals surface area contributed by atoms with Gasteiger partial charge < -0.3 is 5.73 Å². The molecule has 1 aliphatic carbocycles. The molecule has 0 saturated carbocycles. The van der Waals surface area contributed by atoms with Crippen LogP contribution in [0.5, 0.6) is 0 Å². The lowest BCUT2D eigenvalue weighted by atomic mass is 9.78. The summed E-state index contributed by atoms with van der Waals surface area (Å²) >= 11 is 1.49. The molecule has 30 heavy (non-hydrogen) atoms. The number of halogens is 1. The van der Waals surface area contributed by atoms with Gasteiger partial charge in [0.25, 0.3) is 0 Å². The number of hydrogen-bond acceptors (Lipinski definition) is 6. The number of pyridine rings is 1. The SMILES string of the molecule is C[C@]1(c2cc(CC(=O)c3ccc(C#N)cn3)ccc2F)N=C(N)SC2=C1CCCC2. The van der Waals surface area contributed by atoms with Crippen molar-refractivity contribution in [1.29, 1.82) is 5.26 Å². The number of benzene rings is 1. The number of carbonyl (C=O) groups excluding carboxylic acids is 1. The monoisotopic (exact) mass is 420 g/mol. The van der Waals surface area contributed by atoms with Crippen LogP contribution in [0.2, 0.25) is 0 Å². The van der Waals surface area contributed by atoms with Gasteiger partial charge in [-0.3, -0.25) is 9.78 Å². The second-order valence-electron chi connectivity index (χ2n) is 7.69. The van der Waals surface area contributed by atoms with Gasteiger partial charge in [0, 0.05) is 18.2 Å². The van der Waals surface area contributed by atoms with E-state index >= 15 is 0 Å². The third kappa shape index (κ3) is 3.75. The molecule has 0 spiro atoms. The smallest absolute Gasteiger partial charge is 0.185 e. The van der Waals surface area contributed by atoms with E-state index < -0.39 is 5.54 Å². The first-order chi connectivity index (χ1) is 14.4. The first-order valence-corrected chi connectivity index (χ1v) is 10.7. The number of nitriles is 1. The van der Waals surface area contributed by atoms with Gasteiger partial charge in [0.15, 0.2) is 11.0 Å². The van der Waals surface area contributed by atoms with E-state index in [0.717, 1.165) is 31.3 Å². The number of aliphatic imine (C=N–C) groups is 1. The Balaban J connectivity index is 1.68. The number of carbonyl (C=O) groups is 1. The Kier molecular flexibility index (Phi) is 5.44. The van der Waals surface area contributed by atoms with Crippen LogP contribution in [0.15, 0.2) is 52.0 Å². The number of nitrogens with two attached hydrogens (primary N) is 1. The molecule has 0 bridgehead atoms. The van der Waals surface area contributed by atoms with Crippen molar-refractivity contribution in [3.63, 3.8) is 0 Å². The second-order valence-corrected chi connectivity index (χ2v) is 8.81. The van der Waals surface area contributed by atoms with E-state index in [1.54, 1.807) is 18.2 Å². The third-order valence-electron chi connectivity index (χ3n) is 5.66. The number of thioether (sulfide) groups is 1. The Morgan fingerprint density at radius 3 is 2.83 bits per heavy atom. The first-order valence-electron chi connectivity index (χ1n) is 9.84. The Morgan fingerprint density at radius 1 is 1.30 bits per heavy atom. The molecular weight excluding hydrogens is 399 g/mol. The summed E-state index contributed by atoms with van der Waals surface area (Å²) in [5, 5.41) is 9.32. The van der Waals surface area contributed by atoms with Gasteiger partial charge in [0.1, 0.15) is 23.1 Å². The Hall–Kier alpha value is -2.98. The molecule has 0 radical (unpaired) electrons. The van der Waals surface area contributed by atoms with Gasteiger partial charge in [0.05, 0.1) is 5.56 Å². The summed E-state index contributed by atoms with van der Waals surface area (Å²) in [6, 6.07) is 9.81. The largest absolute Gasteiger partial charge is 0.378 e. The molecule has 1 aliphatic heterocycles. The summed E-state index contributed by atoms with van der Waals surface area (Å²) in [7, 11) is 0. The highest BCUT2D eigenvalue weighted by Crippen LogP contribution is 2.48. The van der Waals surface area contributed by atoms with Crippen LogP contribution in [0.4, 0.5) is 4.39 Å². The molecule has 152 valence electrons. The number of nitrogens with zero attached hydrogens (tertiary/aromatic N) is 3. The van der Waals surface area contributed by atoms with Crippen molar-refractivity contribution in [2.45, 2.75) is 44.6 Å². The van der Waals surface area contributed by atoms with Gasteiger partial charge in [0.2, 0.25) is 0 Å². The molecule has 1 aromatic carbocycles. The zero-order valence-corrected chi connectivity index (χ0v) is 17.4. The van der Waals surface area contributed by atoms with E-state index in [0.29, 0.717) is 21.9 Å². The average molecular weight is 421 g/mol. The summed E-state index contributed by atoms with van der Waals surface area (Å²) in [4.78, 5) is 22.6. The van der Waals surface area contributed by atoms with E-state index in [1.165, 1.54) is 35.0 Å². The number of ketones is 1. The minimum absolute atomic E-state index is 0.0854. The molecule has 2 aliphatic rings. The van der Waals surface area contributed by atoms with Crippen molar-refractivity contribution < 1.29 is 9.18 Å². The van der Waals surface area contributed by atoms with Crippen LogP contribution in [0.25, 0.3) is 0 Å². The lowest BCUT2D eigenvalue weighted by Gasteiger charge is -2.37. The number of hydrogen-bond donors (Lipinski definition) is 1. The van der Waals surface area contributed by atoms with E-state index in [4.69, 9.17) is 11.0 Å². The molecule has 2 aromatic rings. The van der Waals surface area contributed by atoms with Crippen molar-refractivity contribution in [2.75, 3.05) is 0 Å². The predicted molar refractivity (Wildman–Crippen MR) is 115 cm³/mol. The molecule has 1 atom stereocenters. The zero-order chi connectivity index (χ0) is 21.3. The predicted octanol–water partition coefficient (Wildman–Crippen LogP) is 4.62. The molecule has 0 amide bonds. The summed E-state index contributed by atoms with van der Waals surface area (Å²) in [6.07, 6.45) is 5.42. The lowest BCUT2D eigenvalue weighted by Crippen LogP contribution is -2.32. The topological polar surface area (TPSA) is 92.1 Å². The zero-order valence-electron chi connectivity index (χ0n) is 16.6. The fraction of sp³-hybridized carbons (Fsp3) is 0.304. The van der Waals surface area contributed by atoms with Crippen LogP contribution in [0.3, 0.4) is 0 Å². The van der Waals surface area contributed by atoms with Crippen molar-refractivity contribution in [3.8, 4) is 6.07 Å². The molecule has 5 nitrogen and oxygen atoms in total. The van der Waals surface area contributed by atoms with E-state index in [2.05, 4.69) is 9.98 Å². The number of rotatable bonds is 4. The van der Waals surface area contributed by atoms with Crippen LogP contribution in [0.1, 0.15) is 59.8 Å². The van der Waals surface area contributed by atoms with Crippen LogP contribution >= 0.6 is 11.8 Å². The van der Waals surface area contributed by atoms with Crippen molar-refractivity contribution in [3.05, 3.63) is 75.2 Å². The quantitative estimate of drug-likeness (QED) is 0.729. The summed E-state index contributed by atoms with van der Waals surface area (Å²) < 4.78 is 15.0. The van der Waals surface area contributed by atoms with Gasteiger partial charge in [-0.15, -0.1) is 0 Å². The normalized spacial score (nSPS) is 20.9. The van der Waals surface area contributed by atoms with Crippen LogP contribution in [-0.2, 0) is 12.0 Å². The fourth-order valence-corrected chi connectivity index (χ4v) is 5.27. The first kappa shape index (κ1) is 20.3. The average Bonchev–Trinajstić information content (AvgIpc) is 2.75. The molecule has 0 fully saturated rings. The highest BCUT2D eigenvalue weighted by Gasteiger charge is 2.39. The second kappa shape index (κ2) is 8.04. The number of aromatic nitrogens is 1. The molecule has 0 unspecified atom stereocenters. The van der Waals surface area contributed by atoms with Crippen LogP contribution < -0.4 is 5.73 Å². The maximum atomic E-state index is 15.0. The van der Waals surface area contributed by atoms with E-state index in [-0.39, 0.29) is 23.7 Å². The van der Waals surface area contributed by atoms with Crippen LogP contribution in [-0.4, -0.2) is 15.9 Å². The highest BCUT2D eigenvalue weighted by atomic mass is 32.2. The van der Waals surface area contributed by atoms with Gasteiger partial charge in [-0.1, -0.05) is 17.8 Å². The molecule has 2 heterocycles. The minimum atomic E-state index is -0.860. The van der Waals surface area contributed by atoms with Crippen molar-refractivity contribution >= 4 is 22.7 Å². The third-order valence-corrected chi connectivity index (χ3v) is 6.66. The number of allylic oxidation sites excluding steroid dienone is 1. The number of Topliss-reactive ketones (excluding diaryl/α,β-unsaturated/α-hetero) is 1. The fourth-order valence-electron chi connectivity index (χ4n) is 4.12. The van der Waals surface area contributed by atoms with E-state index in [1.807, 2.05) is 13.0 Å². The maximum absolute atomic E-state index is 15.0. The molecule has 2 N–H and O–H groups in total. The van der Waals surface area contributed by atoms with Gasteiger partial charge >= 0.3 is 0 Å². The highest BCUT2D eigenvalue weighted by molar-refractivity contribution is 8.17. The van der Waals surface area contributed by atoms with Crippen molar-refractivity contribution in [2.24, 2.45) is 10.7 Å². The maximum Gasteiger partial charge on any atom is 0.185 e.